The number of hydrogen-bond donors (Lipinski definition) is 2. The fourth-order valence-electron chi connectivity index (χ4n) is 2.82. The van der Waals surface area contributed by atoms with E-state index < -0.39 is 0 Å². The monoisotopic (exact) mass is 279 g/mol. The van der Waals surface area contributed by atoms with E-state index in [1.54, 1.807) is 0 Å². The van der Waals surface area contributed by atoms with Gasteiger partial charge in [0, 0.05) is 11.7 Å². The Labute approximate surface area is 125 Å². The number of aromatic amines is 1. The minimum absolute atomic E-state index is 0.269. The van der Waals surface area contributed by atoms with Gasteiger partial charge in [-0.15, -0.1) is 0 Å². The molecule has 0 saturated carbocycles. The average Bonchev–Trinajstić information content (AvgIpc) is 2.77. The van der Waals surface area contributed by atoms with Crippen molar-refractivity contribution in [1.82, 2.24) is 9.97 Å². The van der Waals surface area contributed by atoms with Gasteiger partial charge < -0.3 is 10.3 Å². The van der Waals surface area contributed by atoms with Gasteiger partial charge in [-0.25, -0.2) is 4.98 Å². The molecule has 3 heteroatoms. The Balaban J connectivity index is 1.86. The van der Waals surface area contributed by atoms with Crippen molar-refractivity contribution in [2.45, 2.75) is 33.7 Å². The predicted molar refractivity (Wildman–Crippen MR) is 88.8 cm³/mol. The molecule has 3 aromatic rings. The van der Waals surface area contributed by atoms with Gasteiger partial charge in [0.25, 0.3) is 0 Å². The first-order valence-corrected chi connectivity index (χ1v) is 7.32. The van der Waals surface area contributed by atoms with Crippen molar-refractivity contribution in [3.63, 3.8) is 0 Å². The van der Waals surface area contributed by atoms with Crippen LogP contribution in [0.25, 0.3) is 11.0 Å². The lowest BCUT2D eigenvalue weighted by molar-refractivity contribution is 0.881. The maximum Gasteiger partial charge on any atom is 0.104 e. The number of aromatic nitrogens is 2. The van der Waals surface area contributed by atoms with Gasteiger partial charge in [0.15, 0.2) is 0 Å². The highest BCUT2D eigenvalue weighted by atomic mass is 14.9. The molecule has 1 atom stereocenters. The van der Waals surface area contributed by atoms with Crippen LogP contribution in [0.2, 0.25) is 0 Å². The third-order valence-electron chi connectivity index (χ3n) is 3.73. The Morgan fingerprint density at radius 2 is 1.71 bits per heavy atom. The molecule has 0 aliphatic rings. The summed E-state index contributed by atoms with van der Waals surface area (Å²) in [6, 6.07) is 13.2. The molecule has 21 heavy (non-hydrogen) atoms. The smallest absolute Gasteiger partial charge is 0.104 e. The normalized spacial score (nSPS) is 12.6. The van der Waals surface area contributed by atoms with E-state index in [4.69, 9.17) is 0 Å². The molecule has 0 spiro atoms. The van der Waals surface area contributed by atoms with Crippen LogP contribution in [0.1, 0.15) is 35.5 Å². The highest BCUT2D eigenvalue weighted by Gasteiger charge is 2.08. The molecular weight excluding hydrogens is 258 g/mol. The van der Waals surface area contributed by atoms with Crippen LogP contribution in [0.4, 0.5) is 5.69 Å². The first-order chi connectivity index (χ1) is 10.0. The van der Waals surface area contributed by atoms with E-state index in [0.29, 0.717) is 0 Å². The molecule has 0 amide bonds. The van der Waals surface area contributed by atoms with Gasteiger partial charge in [0.05, 0.1) is 11.0 Å². The van der Waals surface area contributed by atoms with E-state index in [0.717, 1.165) is 22.5 Å². The van der Waals surface area contributed by atoms with E-state index in [-0.39, 0.29) is 6.04 Å². The van der Waals surface area contributed by atoms with E-state index in [2.05, 4.69) is 72.5 Å². The summed E-state index contributed by atoms with van der Waals surface area (Å²) in [5, 5.41) is 3.57. The fraction of sp³-hybridized carbons (Fsp3) is 0.278. The Hall–Kier alpha value is -2.29. The van der Waals surface area contributed by atoms with Gasteiger partial charge in [-0.05, 0) is 51.5 Å². The minimum Gasteiger partial charge on any atom is -0.378 e. The number of aryl methyl sites for hydroxylation is 3. The molecule has 2 N–H and O–H groups in total. The maximum atomic E-state index is 4.43. The number of rotatable bonds is 3. The number of anilines is 1. The van der Waals surface area contributed by atoms with Crippen molar-refractivity contribution < 1.29 is 0 Å². The third kappa shape index (κ3) is 2.92. The first kappa shape index (κ1) is 13.7. The van der Waals surface area contributed by atoms with Crippen molar-refractivity contribution in [1.29, 1.82) is 0 Å². The summed E-state index contributed by atoms with van der Waals surface area (Å²) in [5.74, 6) is 0.949. The first-order valence-electron chi connectivity index (χ1n) is 7.32. The number of fused-ring (bicyclic) bond motifs is 1. The summed E-state index contributed by atoms with van der Waals surface area (Å²) in [6.07, 6.45) is 0. The highest BCUT2D eigenvalue weighted by Crippen LogP contribution is 2.23. The second kappa shape index (κ2) is 5.24. The Morgan fingerprint density at radius 3 is 2.43 bits per heavy atom. The Morgan fingerprint density at radius 1 is 1.00 bits per heavy atom. The maximum absolute atomic E-state index is 4.43. The average molecular weight is 279 g/mol. The predicted octanol–water partition coefficient (Wildman–Crippen LogP) is 4.66. The second-order valence-corrected chi connectivity index (χ2v) is 5.84. The molecule has 108 valence electrons. The summed E-state index contributed by atoms with van der Waals surface area (Å²) in [4.78, 5) is 7.71. The van der Waals surface area contributed by atoms with Crippen LogP contribution in [0.3, 0.4) is 0 Å². The SMILES string of the molecule is Cc1cc(C)cc(C(C)Nc2ccc3nc(C)[nH]c3c2)c1. The van der Waals surface area contributed by atoms with E-state index in [9.17, 15) is 0 Å². The highest BCUT2D eigenvalue weighted by molar-refractivity contribution is 5.79. The zero-order valence-electron chi connectivity index (χ0n) is 13.0. The van der Waals surface area contributed by atoms with Crippen molar-refractivity contribution in [3.8, 4) is 0 Å². The van der Waals surface area contributed by atoms with Crippen molar-refractivity contribution in [2.24, 2.45) is 0 Å². The molecule has 0 radical (unpaired) electrons. The topological polar surface area (TPSA) is 40.7 Å². The molecule has 1 unspecified atom stereocenters. The lowest BCUT2D eigenvalue weighted by atomic mass is 10.0. The van der Waals surface area contributed by atoms with Gasteiger partial charge >= 0.3 is 0 Å². The van der Waals surface area contributed by atoms with E-state index in [1.165, 1.54) is 16.7 Å². The van der Waals surface area contributed by atoms with Crippen LogP contribution in [-0.4, -0.2) is 9.97 Å². The Bertz CT molecular complexity index is 766. The standard InChI is InChI=1S/C18H21N3/c1-11-7-12(2)9-15(8-11)13(3)19-16-5-6-17-18(10-16)21-14(4)20-17/h5-10,13,19H,1-4H3,(H,20,21). The Kier molecular flexibility index (Phi) is 3.42. The van der Waals surface area contributed by atoms with Crippen molar-refractivity contribution in [2.75, 3.05) is 5.32 Å². The quantitative estimate of drug-likeness (QED) is 0.732. The largest absolute Gasteiger partial charge is 0.378 e. The van der Waals surface area contributed by atoms with Crippen LogP contribution in [-0.2, 0) is 0 Å². The molecule has 2 aromatic carbocycles. The summed E-state index contributed by atoms with van der Waals surface area (Å²) in [5.41, 5.74) is 7.12. The molecule has 0 fully saturated rings. The minimum atomic E-state index is 0.269. The molecule has 1 heterocycles. The molecule has 1 aromatic heterocycles. The lowest BCUT2D eigenvalue weighted by Gasteiger charge is -2.17. The van der Waals surface area contributed by atoms with Crippen LogP contribution in [0, 0.1) is 20.8 Å². The summed E-state index contributed by atoms with van der Waals surface area (Å²) < 4.78 is 0. The molecule has 3 rings (SSSR count). The van der Waals surface area contributed by atoms with Crippen LogP contribution in [0.15, 0.2) is 36.4 Å². The third-order valence-corrected chi connectivity index (χ3v) is 3.73. The zero-order valence-corrected chi connectivity index (χ0v) is 13.0. The van der Waals surface area contributed by atoms with E-state index >= 15 is 0 Å². The molecular formula is C18H21N3. The summed E-state index contributed by atoms with van der Waals surface area (Å²) in [6.45, 7) is 8.45. The van der Waals surface area contributed by atoms with Gasteiger partial charge in [-0.2, -0.15) is 0 Å². The van der Waals surface area contributed by atoms with Gasteiger partial charge in [-0.3, -0.25) is 0 Å². The van der Waals surface area contributed by atoms with Crippen LogP contribution >= 0.6 is 0 Å². The number of benzene rings is 2. The van der Waals surface area contributed by atoms with E-state index in [1.807, 2.05) is 6.92 Å². The summed E-state index contributed by atoms with van der Waals surface area (Å²) in [7, 11) is 0. The zero-order chi connectivity index (χ0) is 15.0. The summed E-state index contributed by atoms with van der Waals surface area (Å²) >= 11 is 0. The van der Waals surface area contributed by atoms with Crippen LogP contribution in [0.5, 0.6) is 0 Å². The number of H-pyrrole nitrogens is 1. The molecule has 0 saturated heterocycles. The molecule has 3 nitrogen and oxygen atoms in total. The number of nitrogens with zero attached hydrogens (tertiary/aromatic N) is 1. The molecule has 0 aliphatic heterocycles. The number of imidazole rings is 1. The van der Waals surface area contributed by atoms with Crippen LogP contribution < -0.4 is 5.32 Å². The van der Waals surface area contributed by atoms with Crippen molar-refractivity contribution >= 4 is 16.7 Å². The lowest BCUT2D eigenvalue weighted by Crippen LogP contribution is -2.07. The molecule has 0 bridgehead atoms. The van der Waals surface area contributed by atoms with Crippen molar-refractivity contribution in [3.05, 3.63) is 58.9 Å². The number of hydrogen-bond acceptors (Lipinski definition) is 2. The fourth-order valence-corrected chi connectivity index (χ4v) is 2.82. The van der Waals surface area contributed by atoms with Gasteiger partial charge in [-0.1, -0.05) is 29.3 Å². The molecule has 0 aliphatic carbocycles. The van der Waals surface area contributed by atoms with Gasteiger partial charge in [0.2, 0.25) is 0 Å². The van der Waals surface area contributed by atoms with Gasteiger partial charge in [0.1, 0.15) is 5.82 Å². The number of nitrogens with one attached hydrogen (secondary N) is 2. The second-order valence-electron chi connectivity index (χ2n) is 5.84.